The van der Waals surface area contributed by atoms with Crippen molar-refractivity contribution in [1.29, 1.82) is 0 Å². The Hall–Kier alpha value is -0.820. The molecule has 1 aliphatic rings. The number of rotatable bonds is 3. The third-order valence-electron chi connectivity index (χ3n) is 4.34. The van der Waals surface area contributed by atoms with Crippen molar-refractivity contribution in [3.05, 3.63) is 35.4 Å². The average Bonchev–Trinajstić information content (AvgIpc) is 2.51. The largest absolute Gasteiger partial charge is 0.307 e. The molecule has 3 atom stereocenters. The van der Waals surface area contributed by atoms with Crippen molar-refractivity contribution < 1.29 is 0 Å². The second-order valence-electron chi connectivity index (χ2n) is 6.96. The van der Waals surface area contributed by atoms with E-state index in [2.05, 4.69) is 64.2 Å². The number of hydrogen-bond donors (Lipinski definition) is 1. The van der Waals surface area contributed by atoms with Gasteiger partial charge < -0.3 is 5.32 Å². The van der Waals surface area contributed by atoms with Gasteiger partial charge in [0.15, 0.2) is 0 Å². The van der Waals surface area contributed by atoms with Crippen molar-refractivity contribution in [2.45, 2.75) is 59.5 Å². The molecule has 1 aromatic carbocycles. The summed E-state index contributed by atoms with van der Waals surface area (Å²) in [5, 5.41) is 3.83. The van der Waals surface area contributed by atoms with E-state index in [4.69, 9.17) is 0 Å². The first-order chi connectivity index (χ1) is 8.37. The van der Waals surface area contributed by atoms with E-state index in [1.807, 2.05) is 0 Å². The minimum Gasteiger partial charge on any atom is -0.307 e. The standard InChI is InChI=1S/C17H27N/c1-12-7-6-8-15(9-12)14(3)18-16-11-17(4,5)10-13(16)2/h6-9,13-14,16,18H,10-11H2,1-5H3/t13?,14-,16?/m1/s1. The molecule has 1 heteroatoms. The fourth-order valence-electron chi connectivity index (χ4n) is 3.47. The summed E-state index contributed by atoms with van der Waals surface area (Å²) in [6.45, 7) is 11.6. The molecule has 2 unspecified atom stereocenters. The van der Waals surface area contributed by atoms with Gasteiger partial charge in [0.2, 0.25) is 0 Å². The van der Waals surface area contributed by atoms with Crippen molar-refractivity contribution in [3.8, 4) is 0 Å². The molecule has 1 aliphatic carbocycles. The van der Waals surface area contributed by atoms with Crippen LogP contribution >= 0.6 is 0 Å². The lowest BCUT2D eigenvalue weighted by atomic mass is 9.91. The first-order valence-electron chi connectivity index (χ1n) is 7.20. The summed E-state index contributed by atoms with van der Waals surface area (Å²) in [6.07, 6.45) is 2.63. The Bertz CT molecular complexity index is 408. The van der Waals surface area contributed by atoms with Crippen LogP contribution in [0.2, 0.25) is 0 Å². The van der Waals surface area contributed by atoms with Crippen LogP contribution in [-0.4, -0.2) is 6.04 Å². The van der Waals surface area contributed by atoms with Crippen molar-refractivity contribution in [2.24, 2.45) is 11.3 Å². The lowest BCUT2D eigenvalue weighted by Crippen LogP contribution is -2.33. The van der Waals surface area contributed by atoms with Gasteiger partial charge in [-0.15, -0.1) is 0 Å². The van der Waals surface area contributed by atoms with Crippen LogP contribution in [0, 0.1) is 18.3 Å². The van der Waals surface area contributed by atoms with Crippen molar-refractivity contribution >= 4 is 0 Å². The first kappa shape index (κ1) is 13.6. The predicted octanol–water partition coefficient (Wildman–Crippen LogP) is 4.47. The van der Waals surface area contributed by atoms with Gasteiger partial charge in [0.05, 0.1) is 0 Å². The van der Waals surface area contributed by atoms with Gasteiger partial charge in [0.25, 0.3) is 0 Å². The van der Waals surface area contributed by atoms with E-state index >= 15 is 0 Å². The van der Waals surface area contributed by atoms with E-state index in [1.54, 1.807) is 0 Å². The van der Waals surface area contributed by atoms with Crippen molar-refractivity contribution in [3.63, 3.8) is 0 Å². The highest BCUT2D eigenvalue weighted by Gasteiger charge is 2.36. The highest BCUT2D eigenvalue weighted by atomic mass is 15.0. The third kappa shape index (κ3) is 3.14. The summed E-state index contributed by atoms with van der Waals surface area (Å²) in [7, 11) is 0. The molecule has 1 saturated carbocycles. The maximum atomic E-state index is 3.83. The molecule has 0 spiro atoms. The van der Waals surface area contributed by atoms with Gasteiger partial charge in [-0.2, -0.15) is 0 Å². The van der Waals surface area contributed by atoms with E-state index in [9.17, 15) is 0 Å². The number of benzene rings is 1. The van der Waals surface area contributed by atoms with Gasteiger partial charge in [-0.25, -0.2) is 0 Å². The number of aryl methyl sites for hydroxylation is 1. The van der Waals surface area contributed by atoms with Crippen LogP contribution in [-0.2, 0) is 0 Å². The van der Waals surface area contributed by atoms with E-state index in [1.165, 1.54) is 24.0 Å². The maximum absolute atomic E-state index is 3.83. The monoisotopic (exact) mass is 245 g/mol. The van der Waals surface area contributed by atoms with Crippen LogP contribution in [0.4, 0.5) is 0 Å². The molecular weight excluding hydrogens is 218 g/mol. The van der Waals surface area contributed by atoms with Crippen LogP contribution in [0.3, 0.4) is 0 Å². The van der Waals surface area contributed by atoms with E-state index in [0.717, 1.165) is 5.92 Å². The summed E-state index contributed by atoms with van der Waals surface area (Å²) in [5.41, 5.74) is 3.26. The predicted molar refractivity (Wildman–Crippen MR) is 78.7 cm³/mol. The molecule has 0 aliphatic heterocycles. The van der Waals surface area contributed by atoms with Crippen LogP contribution in [0.1, 0.15) is 57.7 Å². The molecule has 18 heavy (non-hydrogen) atoms. The normalized spacial score (nSPS) is 28.3. The Balaban J connectivity index is 2.02. The Morgan fingerprint density at radius 1 is 1.28 bits per heavy atom. The van der Waals surface area contributed by atoms with Crippen LogP contribution in [0.25, 0.3) is 0 Å². The zero-order valence-electron chi connectivity index (χ0n) is 12.5. The van der Waals surface area contributed by atoms with Crippen LogP contribution in [0.5, 0.6) is 0 Å². The second kappa shape index (κ2) is 5.05. The zero-order valence-corrected chi connectivity index (χ0v) is 12.5. The Labute approximate surface area is 112 Å². The molecule has 0 radical (unpaired) electrons. The molecule has 1 N–H and O–H groups in total. The molecule has 0 bridgehead atoms. The highest BCUT2D eigenvalue weighted by Crippen LogP contribution is 2.41. The van der Waals surface area contributed by atoms with Gasteiger partial charge in [-0.1, -0.05) is 50.6 Å². The molecule has 100 valence electrons. The fourth-order valence-corrected chi connectivity index (χ4v) is 3.47. The molecule has 1 fully saturated rings. The molecule has 0 heterocycles. The third-order valence-corrected chi connectivity index (χ3v) is 4.34. The lowest BCUT2D eigenvalue weighted by Gasteiger charge is -2.24. The summed E-state index contributed by atoms with van der Waals surface area (Å²) in [4.78, 5) is 0. The molecular formula is C17H27N. The summed E-state index contributed by atoms with van der Waals surface area (Å²) < 4.78 is 0. The second-order valence-corrected chi connectivity index (χ2v) is 6.96. The van der Waals surface area contributed by atoms with Crippen LogP contribution < -0.4 is 5.32 Å². The molecule has 2 rings (SSSR count). The minimum absolute atomic E-state index is 0.450. The number of hydrogen-bond acceptors (Lipinski definition) is 1. The smallest absolute Gasteiger partial charge is 0.0294 e. The van der Waals surface area contributed by atoms with E-state index in [0.29, 0.717) is 17.5 Å². The first-order valence-corrected chi connectivity index (χ1v) is 7.20. The molecule has 0 saturated heterocycles. The van der Waals surface area contributed by atoms with Gasteiger partial charge in [0.1, 0.15) is 0 Å². The molecule has 1 aromatic rings. The van der Waals surface area contributed by atoms with Gasteiger partial charge in [0, 0.05) is 12.1 Å². The van der Waals surface area contributed by atoms with Crippen molar-refractivity contribution in [1.82, 2.24) is 5.32 Å². The average molecular weight is 245 g/mol. The highest BCUT2D eigenvalue weighted by molar-refractivity contribution is 5.24. The summed E-state index contributed by atoms with van der Waals surface area (Å²) in [6, 6.07) is 9.96. The summed E-state index contributed by atoms with van der Waals surface area (Å²) >= 11 is 0. The van der Waals surface area contributed by atoms with Crippen molar-refractivity contribution in [2.75, 3.05) is 0 Å². The Morgan fingerprint density at radius 2 is 2.00 bits per heavy atom. The van der Waals surface area contributed by atoms with Gasteiger partial charge >= 0.3 is 0 Å². The summed E-state index contributed by atoms with van der Waals surface area (Å²) in [5.74, 6) is 0.784. The molecule has 1 nitrogen and oxygen atoms in total. The Kier molecular flexibility index (Phi) is 3.82. The van der Waals surface area contributed by atoms with E-state index < -0.39 is 0 Å². The molecule has 0 aromatic heterocycles. The van der Waals surface area contributed by atoms with Gasteiger partial charge in [-0.3, -0.25) is 0 Å². The lowest BCUT2D eigenvalue weighted by molar-refractivity contribution is 0.356. The SMILES string of the molecule is Cc1cccc([C@@H](C)NC2CC(C)(C)CC2C)c1. The van der Waals surface area contributed by atoms with Gasteiger partial charge in [-0.05, 0) is 43.6 Å². The quantitative estimate of drug-likeness (QED) is 0.828. The van der Waals surface area contributed by atoms with Crippen LogP contribution in [0.15, 0.2) is 24.3 Å². The fraction of sp³-hybridized carbons (Fsp3) is 0.647. The maximum Gasteiger partial charge on any atom is 0.0294 e. The number of nitrogens with one attached hydrogen (secondary N) is 1. The van der Waals surface area contributed by atoms with E-state index in [-0.39, 0.29) is 0 Å². The zero-order chi connectivity index (χ0) is 13.3. The molecule has 0 amide bonds. The Morgan fingerprint density at radius 3 is 2.56 bits per heavy atom. The minimum atomic E-state index is 0.450. The topological polar surface area (TPSA) is 12.0 Å².